The zero-order valence-corrected chi connectivity index (χ0v) is 12.3. The number of rotatable bonds is 6. The number of hydrogen-bond donors (Lipinski definition) is 1. The molecule has 1 fully saturated rings. The van der Waals surface area contributed by atoms with E-state index in [1.807, 2.05) is 0 Å². The van der Waals surface area contributed by atoms with Gasteiger partial charge in [-0.15, -0.1) is 0 Å². The Labute approximate surface area is 117 Å². The maximum Gasteiger partial charge on any atom is 0.0713 e. The van der Waals surface area contributed by atoms with Gasteiger partial charge >= 0.3 is 0 Å². The summed E-state index contributed by atoms with van der Waals surface area (Å²) in [5, 5.41) is 3.71. The molecule has 2 rings (SSSR count). The van der Waals surface area contributed by atoms with Crippen LogP contribution in [0.5, 0.6) is 0 Å². The Hall–Kier alpha value is -0.860. The van der Waals surface area contributed by atoms with Gasteiger partial charge in [0.25, 0.3) is 0 Å². The molecule has 0 spiro atoms. The quantitative estimate of drug-likeness (QED) is 0.838. The molecule has 0 saturated heterocycles. The summed E-state index contributed by atoms with van der Waals surface area (Å²) in [7, 11) is 1.75. The van der Waals surface area contributed by atoms with Crippen LogP contribution in [0.4, 0.5) is 0 Å². The number of benzene rings is 1. The zero-order valence-electron chi connectivity index (χ0n) is 12.3. The van der Waals surface area contributed by atoms with Crippen LogP contribution < -0.4 is 5.32 Å². The molecule has 0 aromatic heterocycles. The highest BCUT2D eigenvalue weighted by Crippen LogP contribution is 2.26. The van der Waals surface area contributed by atoms with Crippen LogP contribution in [-0.2, 0) is 17.9 Å². The van der Waals surface area contributed by atoms with Gasteiger partial charge in [-0.3, -0.25) is 0 Å². The van der Waals surface area contributed by atoms with Gasteiger partial charge in [-0.25, -0.2) is 0 Å². The van der Waals surface area contributed by atoms with E-state index in [2.05, 4.69) is 36.5 Å². The van der Waals surface area contributed by atoms with Crippen LogP contribution in [-0.4, -0.2) is 13.2 Å². The second kappa shape index (κ2) is 7.66. The van der Waals surface area contributed by atoms with Gasteiger partial charge in [-0.1, -0.05) is 37.6 Å². The van der Waals surface area contributed by atoms with Crippen LogP contribution in [0.1, 0.15) is 50.2 Å². The number of nitrogens with one attached hydrogen (secondary N) is 1. The summed E-state index contributed by atoms with van der Waals surface area (Å²) >= 11 is 0. The van der Waals surface area contributed by atoms with Gasteiger partial charge < -0.3 is 10.1 Å². The maximum atomic E-state index is 5.18. The fraction of sp³-hybridized carbons (Fsp3) is 0.647. The third kappa shape index (κ3) is 4.63. The topological polar surface area (TPSA) is 21.3 Å². The van der Waals surface area contributed by atoms with Crippen LogP contribution in [0.25, 0.3) is 0 Å². The van der Waals surface area contributed by atoms with Crippen LogP contribution >= 0.6 is 0 Å². The standard InChI is InChI=1S/C17H27NO/c1-3-14-7-9-17(10-8-14)18-12-15-5-4-6-16(11-15)13-19-2/h4-6,11,14,17-18H,3,7-10,12-13H2,1-2H3. The molecule has 1 aliphatic carbocycles. The highest BCUT2D eigenvalue weighted by Gasteiger charge is 2.19. The summed E-state index contributed by atoms with van der Waals surface area (Å²) in [6.07, 6.45) is 6.84. The van der Waals surface area contributed by atoms with E-state index >= 15 is 0 Å². The van der Waals surface area contributed by atoms with Crippen molar-refractivity contribution in [3.8, 4) is 0 Å². The molecule has 1 aliphatic rings. The molecule has 1 aromatic carbocycles. The van der Waals surface area contributed by atoms with E-state index in [4.69, 9.17) is 4.74 Å². The first-order valence-corrected chi connectivity index (χ1v) is 7.62. The first kappa shape index (κ1) is 14.5. The monoisotopic (exact) mass is 261 g/mol. The molecule has 0 aliphatic heterocycles. The third-order valence-corrected chi connectivity index (χ3v) is 4.32. The predicted molar refractivity (Wildman–Crippen MR) is 80.0 cm³/mol. The highest BCUT2D eigenvalue weighted by molar-refractivity contribution is 5.22. The lowest BCUT2D eigenvalue weighted by Crippen LogP contribution is -2.32. The molecule has 1 N–H and O–H groups in total. The average molecular weight is 261 g/mol. The summed E-state index contributed by atoms with van der Waals surface area (Å²) in [5.41, 5.74) is 2.63. The Morgan fingerprint density at radius 2 is 1.89 bits per heavy atom. The van der Waals surface area contributed by atoms with Crippen molar-refractivity contribution in [3.63, 3.8) is 0 Å². The maximum absolute atomic E-state index is 5.18. The second-order valence-corrected chi connectivity index (χ2v) is 5.76. The van der Waals surface area contributed by atoms with Crippen molar-refractivity contribution in [1.29, 1.82) is 0 Å². The van der Waals surface area contributed by atoms with Crippen molar-refractivity contribution in [3.05, 3.63) is 35.4 Å². The molecule has 1 aromatic rings. The lowest BCUT2D eigenvalue weighted by atomic mass is 9.84. The van der Waals surface area contributed by atoms with Crippen molar-refractivity contribution >= 4 is 0 Å². The van der Waals surface area contributed by atoms with E-state index in [0.717, 1.165) is 12.5 Å². The minimum atomic E-state index is 0.704. The third-order valence-electron chi connectivity index (χ3n) is 4.32. The summed E-state index contributed by atoms with van der Waals surface area (Å²) < 4.78 is 5.18. The van der Waals surface area contributed by atoms with Crippen LogP contribution in [0.15, 0.2) is 24.3 Å². The Kier molecular flexibility index (Phi) is 5.87. The normalized spacial score (nSPS) is 23.5. The molecule has 0 atom stereocenters. The van der Waals surface area contributed by atoms with Crippen molar-refractivity contribution in [2.45, 2.75) is 58.2 Å². The summed E-state index contributed by atoms with van der Waals surface area (Å²) in [6, 6.07) is 9.41. The van der Waals surface area contributed by atoms with Gasteiger partial charge in [0.1, 0.15) is 0 Å². The van der Waals surface area contributed by atoms with E-state index < -0.39 is 0 Å². The van der Waals surface area contributed by atoms with Crippen molar-refractivity contribution in [1.82, 2.24) is 5.32 Å². The summed E-state index contributed by atoms with van der Waals surface area (Å²) in [6.45, 7) is 4.01. The molecule has 106 valence electrons. The molecule has 1 saturated carbocycles. The largest absolute Gasteiger partial charge is 0.380 e. The number of hydrogen-bond acceptors (Lipinski definition) is 2. The fourth-order valence-electron chi connectivity index (χ4n) is 3.03. The highest BCUT2D eigenvalue weighted by atomic mass is 16.5. The molecule has 2 nitrogen and oxygen atoms in total. The predicted octanol–water partition coefficient (Wildman–Crippen LogP) is 3.89. The minimum Gasteiger partial charge on any atom is -0.380 e. The first-order chi connectivity index (χ1) is 9.31. The van der Waals surface area contributed by atoms with E-state index in [-0.39, 0.29) is 0 Å². The lowest BCUT2D eigenvalue weighted by molar-refractivity contribution is 0.185. The molecular weight excluding hydrogens is 234 g/mol. The molecule has 0 heterocycles. The van der Waals surface area contributed by atoms with Crippen molar-refractivity contribution in [2.24, 2.45) is 5.92 Å². The Balaban J connectivity index is 1.77. The molecule has 2 heteroatoms. The van der Waals surface area contributed by atoms with Crippen LogP contribution in [0.2, 0.25) is 0 Å². The molecule has 0 bridgehead atoms. The first-order valence-electron chi connectivity index (χ1n) is 7.62. The van der Waals surface area contributed by atoms with Gasteiger partial charge in [0.15, 0.2) is 0 Å². The van der Waals surface area contributed by atoms with Crippen molar-refractivity contribution < 1.29 is 4.74 Å². The Morgan fingerprint density at radius 1 is 1.16 bits per heavy atom. The Bertz CT molecular complexity index is 369. The molecule has 0 radical (unpaired) electrons. The molecule has 0 amide bonds. The SMILES string of the molecule is CCC1CCC(NCc2cccc(COC)c2)CC1. The Morgan fingerprint density at radius 3 is 2.58 bits per heavy atom. The van der Waals surface area contributed by atoms with Gasteiger partial charge in [-0.05, 0) is 42.7 Å². The number of ether oxygens (including phenoxy) is 1. The summed E-state index contributed by atoms with van der Waals surface area (Å²) in [4.78, 5) is 0. The van der Waals surface area contributed by atoms with Gasteiger partial charge in [0.05, 0.1) is 6.61 Å². The average Bonchev–Trinajstić information content (AvgIpc) is 2.46. The lowest BCUT2D eigenvalue weighted by Gasteiger charge is -2.28. The molecular formula is C17H27NO. The van der Waals surface area contributed by atoms with Gasteiger partial charge in [0.2, 0.25) is 0 Å². The summed E-state index contributed by atoms with van der Waals surface area (Å²) in [5.74, 6) is 0.975. The number of methoxy groups -OCH3 is 1. The minimum absolute atomic E-state index is 0.704. The van der Waals surface area contributed by atoms with E-state index in [1.54, 1.807) is 7.11 Å². The smallest absolute Gasteiger partial charge is 0.0713 e. The van der Waals surface area contributed by atoms with Crippen LogP contribution in [0, 0.1) is 5.92 Å². The van der Waals surface area contributed by atoms with Crippen molar-refractivity contribution in [2.75, 3.05) is 7.11 Å². The van der Waals surface area contributed by atoms with E-state index in [1.165, 1.54) is 43.2 Å². The van der Waals surface area contributed by atoms with E-state index in [0.29, 0.717) is 12.6 Å². The van der Waals surface area contributed by atoms with Gasteiger partial charge in [0, 0.05) is 19.7 Å². The molecule has 0 unspecified atom stereocenters. The zero-order chi connectivity index (χ0) is 13.5. The molecule has 19 heavy (non-hydrogen) atoms. The fourth-order valence-corrected chi connectivity index (χ4v) is 3.03. The van der Waals surface area contributed by atoms with Crippen LogP contribution in [0.3, 0.4) is 0 Å². The second-order valence-electron chi connectivity index (χ2n) is 5.76. The van der Waals surface area contributed by atoms with E-state index in [9.17, 15) is 0 Å². The van der Waals surface area contributed by atoms with Gasteiger partial charge in [-0.2, -0.15) is 0 Å².